The van der Waals surface area contributed by atoms with Gasteiger partial charge >= 0.3 is 12.1 Å². The van der Waals surface area contributed by atoms with Crippen molar-refractivity contribution in [3.63, 3.8) is 0 Å². The van der Waals surface area contributed by atoms with Gasteiger partial charge in [-0.2, -0.15) is 0 Å². The number of amides is 1. The van der Waals surface area contributed by atoms with Gasteiger partial charge in [-0.25, -0.2) is 4.79 Å². The Bertz CT molecular complexity index is 410. The Morgan fingerprint density at radius 2 is 1.95 bits per heavy atom. The molecule has 3 rings (SSSR count). The normalized spacial score (nSPS) is 29.3. The van der Waals surface area contributed by atoms with E-state index in [0.29, 0.717) is 6.54 Å². The third-order valence-electron chi connectivity index (χ3n) is 3.47. The van der Waals surface area contributed by atoms with Gasteiger partial charge < -0.3 is 14.4 Å². The second-order valence-corrected chi connectivity index (χ2v) is 6.13. The molecule has 1 saturated heterocycles. The van der Waals surface area contributed by atoms with Crippen LogP contribution in [0.4, 0.5) is 4.79 Å². The number of carbonyl (C=O) groups is 2. The van der Waals surface area contributed by atoms with E-state index in [1.165, 1.54) is 7.11 Å². The summed E-state index contributed by atoms with van der Waals surface area (Å²) >= 11 is 0. The van der Waals surface area contributed by atoms with E-state index in [4.69, 9.17) is 9.47 Å². The van der Waals surface area contributed by atoms with Crippen molar-refractivity contribution in [3.05, 3.63) is 12.2 Å². The Kier molecular flexibility index (Phi) is 3.56. The predicted octanol–water partition coefficient (Wildman–Crippen LogP) is 1.97. The second kappa shape index (κ2) is 4.87. The van der Waals surface area contributed by atoms with E-state index in [1.807, 2.05) is 26.8 Å². The van der Waals surface area contributed by atoms with Crippen LogP contribution in [0.25, 0.3) is 0 Å². The molecule has 1 aliphatic carbocycles. The summed E-state index contributed by atoms with van der Waals surface area (Å²) in [6, 6.07) is -0.243. The Balaban J connectivity index is 2.13. The van der Waals surface area contributed by atoms with E-state index >= 15 is 0 Å². The van der Waals surface area contributed by atoms with Crippen LogP contribution in [0.15, 0.2) is 12.2 Å². The Labute approximate surface area is 113 Å². The monoisotopic (exact) mass is 267 g/mol. The molecule has 0 aromatic rings. The van der Waals surface area contributed by atoms with E-state index in [9.17, 15) is 9.59 Å². The minimum atomic E-state index is -0.530. The summed E-state index contributed by atoms with van der Waals surface area (Å²) in [6.07, 6.45) is 4.38. The van der Waals surface area contributed by atoms with Gasteiger partial charge in [0.1, 0.15) is 5.60 Å². The lowest BCUT2D eigenvalue weighted by Gasteiger charge is -2.45. The van der Waals surface area contributed by atoms with Crippen molar-refractivity contribution in [2.75, 3.05) is 13.7 Å². The van der Waals surface area contributed by atoms with Crippen LogP contribution < -0.4 is 0 Å². The third-order valence-corrected chi connectivity index (χ3v) is 3.47. The molecule has 0 aromatic heterocycles. The van der Waals surface area contributed by atoms with Gasteiger partial charge in [0.2, 0.25) is 0 Å². The van der Waals surface area contributed by atoms with Crippen LogP contribution in [0, 0.1) is 11.8 Å². The van der Waals surface area contributed by atoms with Crippen molar-refractivity contribution in [3.8, 4) is 0 Å². The van der Waals surface area contributed by atoms with Gasteiger partial charge in [-0.3, -0.25) is 4.79 Å². The molecule has 0 aromatic carbocycles. The molecular formula is C14H21NO4. The van der Waals surface area contributed by atoms with E-state index in [2.05, 4.69) is 6.08 Å². The van der Waals surface area contributed by atoms with Gasteiger partial charge in [-0.1, -0.05) is 12.2 Å². The Morgan fingerprint density at radius 1 is 1.26 bits per heavy atom. The molecule has 106 valence electrons. The summed E-state index contributed by atoms with van der Waals surface area (Å²) in [4.78, 5) is 25.6. The maximum atomic E-state index is 12.2. The van der Waals surface area contributed by atoms with Crippen LogP contribution in [0.3, 0.4) is 0 Å². The number of methoxy groups -OCH3 is 1. The predicted molar refractivity (Wildman–Crippen MR) is 69.5 cm³/mol. The minimum Gasteiger partial charge on any atom is -0.469 e. The number of esters is 1. The molecule has 3 unspecified atom stereocenters. The van der Waals surface area contributed by atoms with Crippen LogP contribution >= 0.6 is 0 Å². The highest BCUT2D eigenvalue weighted by Gasteiger charge is 2.44. The second-order valence-electron chi connectivity index (χ2n) is 6.13. The van der Waals surface area contributed by atoms with Gasteiger partial charge in [0.05, 0.1) is 19.1 Å². The number of carbonyl (C=O) groups excluding carboxylic acids is 2. The summed E-state index contributed by atoms with van der Waals surface area (Å²) in [7, 11) is 1.38. The van der Waals surface area contributed by atoms with Crippen molar-refractivity contribution in [1.29, 1.82) is 0 Å². The molecule has 0 radical (unpaired) electrons. The lowest BCUT2D eigenvalue weighted by molar-refractivity contribution is -0.149. The number of nitrogens with zero attached hydrogens (tertiary/aromatic N) is 1. The number of hydrogen-bond acceptors (Lipinski definition) is 4. The molecule has 2 aliphatic heterocycles. The molecule has 0 spiro atoms. The van der Waals surface area contributed by atoms with E-state index in [-0.39, 0.29) is 29.9 Å². The number of ether oxygens (including phenoxy) is 2. The van der Waals surface area contributed by atoms with Gasteiger partial charge in [0.25, 0.3) is 0 Å². The smallest absolute Gasteiger partial charge is 0.410 e. The van der Waals surface area contributed by atoms with Crippen molar-refractivity contribution in [2.24, 2.45) is 11.8 Å². The number of hydrogen-bond donors (Lipinski definition) is 0. The highest BCUT2D eigenvalue weighted by atomic mass is 16.6. The quantitative estimate of drug-likeness (QED) is 0.538. The molecule has 3 atom stereocenters. The first kappa shape index (κ1) is 13.9. The number of rotatable bonds is 1. The van der Waals surface area contributed by atoms with Crippen LogP contribution in [0.1, 0.15) is 27.2 Å². The number of fused-ring (bicyclic) bond motifs is 2. The van der Waals surface area contributed by atoms with Gasteiger partial charge in [-0.05, 0) is 33.1 Å². The first-order valence-corrected chi connectivity index (χ1v) is 6.57. The highest BCUT2D eigenvalue weighted by Crippen LogP contribution is 2.35. The fraction of sp³-hybridized carbons (Fsp3) is 0.714. The standard InChI is InChI=1S/C14H21NO4/c1-14(2,3)19-13(17)15-8-9-5-6-11(15)10(7-9)12(16)18-4/h5-6,9-11H,7-8H2,1-4H3. The molecule has 0 saturated carbocycles. The molecule has 2 heterocycles. The summed E-state index contributed by atoms with van der Waals surface area (Å²) in [5, 5.41) is 0. The SMILES string of the molecule is COC(=O)C1CC2C=CC1N(C(=O)OC(C)(C)C)C2. The molecule has 19 heavy (non-hydrogen) atoms. The fourth-order valence-corrected chi connectivity index (χ4v) is 2.68. The van der Waals surface area contributed by atoms with E-state index in [0.717, 1.165) is 6.42 Å². The summed E-state index contributed by atoms with van der Waals surface area (Å²) in [5.74, 6) is -0.324. The average molecular weight is 267 g/mol. The first-order chi connectivity index (χ1) is 8.81. The zero-order chi connectivity index (χ0) is 14.2. The molecular weight excluding hydrogens is 246 g/mol. The molecule has 0 N–H and O–H groups in total. The molecule has 1 fully saturated rings. The average Bonchev–Trinajstić information content (AvgIpc) is 2.36. The van der Waals surface area contributed by atoms with Gasteiger partial charge in [-0.15, -0.1) is 0 Å². The topological polar surface area (TPSA) is 55.8 Å². The Hall–Kier alpha value is -1.52. The largest absolute Gasteiger partial charge is 0.469 e. The molecule has 5 heteroatoms. The molecule has 5 nitrogen and oxygen atoms in total. The summed E-state index contributed by atoms with van der Waals surface area (Å²) in [5.41, 5.74) is -0.530. The van der Waals surface area contributed by atoms with Crippen LogP contribution in [0.5, 0.6) is 0 Å². The van der Waals surface area contributed by atoms with Gasteiger partial charge in [0, 0.05) is 6.54 Å². The van der Waals surface area contributed by atoms with E-state index in [1.54, 1.807) is 4.90 Å². The highest BCUT2D eigenvalue weighted by molar-refractivity contribution is 5.77. The van der Waals surface area contributed by atoms with Gasteiger partial charge in [0.15, 0.2) is 0 Å². The first-order valence-electron chi connectivity index (χ1n) is 6.57. The number of piperidine rings is 1. The molecule has 3 aliphatic rings. The minimum absolute atomic E-state index is 0.210. The maximum absolute atomic E-state index is 12.2. The van der Waals surface area contributed by atoms with Crippen LogP contribution in [-0.4, -0.2) is 42.3 Å². The van der Waals surface area contributed by atoms with E-state index < -0.39 is 5.60 Å². The van der Waals surface area contributed by atoms with Crippen molar-refractivity contribution in [1.82, 2.24) is 4.90 Å². The maximum Gasteiger partial charge on any atom is 0.410 e. The third kappa shape index (κ3) is 2.91. The van der Waals surface area contributed by atoms with Crippen molar-refractivity contribution < 1.29 is 19.1 Å². The lowest BCUT2D eigenvalue weighted by atomic mass is 9.78. The fourth-order valence-electron chi connectivity index (χ4n) is 2.68. The van der Waals surface area contributed by atoms with Crippen LogP contribution in [0.2, 0.25) is 0 Å². The molecule has 1 amide bonds. The molecule has 2 bridgehead atoms. The van der Waals surface area contributed by atoms with Crippen LogP contribution in [-0.2, 0) is 14.3 Å². The lowest BCUT2D eigenvalue weighted by Crippen LogP contribution is -2.56. The summed E-state index contributed by atoms with van der Waals surface area (Å²) in [6.45, 7) is 6.12. The van der Waals surface area contributed by atoms with Crippen molar-refractivity contribution >= 4 is 12.1 Å². The Morgan fingerprint density at radius 3 is 2.47 bits per heavy atom. The summed E-state index contributed by atoms with van der Waals surface area (Å²) < 4.78 is 10.2. The van der Waals surface area contributed by atoms with Crippen molar-refractivity contribution in [2.45, 2.75) is 38.8 Å². The zero-order valence-corrected chi connectivity index (χ0v) is 11.9. The zero-order valence-electron chi connectivity index (χ0n) is 11.9.